The van der Waals surface area contributed by atoms with Gasteiger partial charge in [0.1, 0.15) is 128 Å². The van der Waals surface area contributed by atoms with E-state index in [4.69, 9.17) is 47.4 Å². The van der Waals surface area contributed by atoms with Crippen molar-refractivity contribution >= 4 is 5.69 Å². The fraction of sp³-hybridized carbons (Fsp3) is 0.833. The van der Waals surface area contributed by atoms with Crippen LogP contribution in [0.3, 0.4) is 0 Å². The van der Waals surface area contributed by atoms with E-state index in [9.17, 15) is 91.8 Å². The van der Waals surface area contributed by atoms with Crippen molar-refractivity contribution in [2.45, 2.75) is 154 Å². The summed E-state index contributed by atoms with van der Waals surface area (Å²) >= 11 is 0. The van der Waals surface area contributed by atoms with Crippen LogP contribution < -0.4 is 4.74 Å². The minimum atomic E-state index is -2.15. The molecule has 372 valence electrons. The van der Waals surface area contributed by atoms with Crippen LogP contribution in [0, 0.1) is 10.1 Å². The molecule has 0 aliphatic carbocycles. The molecule has 0 radical (unpaired) electrons. The molecule has 5 saturated heterocycles. The molecule has 5 fully saturated rings. The molecule has 5 aliphatic heterocycles. The number of nitrogens with zero attached hydrogens (tertiary/aromatic N) is 1. The van der Waals surface area contributed by atoms with E-state index in [0.29, 0.717) is 0 Å². The van der Waals surface area contributed by atoms with Crippen molar-refractivity contribution in [1.29, 1.82) is 0 Å². The number of aliphatic hydroxyl groups excluding tert-OH is 16. The Balaban J connectivity index is 1.07. The van der Waals surface area contributed by atoms with Crippen LogP contribution >= 0.6 is 0 Å². The van der Waals surface area contributed by atoms with Crippen molar-refractivity contribution in [3.63, 3.8) is 0 Å². The molecule has 29 heteroatoms. The molecule has 29 nitrogen and oxygen atoms in total. The monoisotopic (exact) mass is 949 g/mol. The van der Waals surface area contributed by atoms with Gasteiger partial charge < -0.3 is 129 Å². The molecule has 5 heterocycles. The van der Waals surface area contributed by atoms with Gasteiger partial charge in [-0.3, -0.25) is 10.1 Å². The zero-order valence-electron chi connectivity index (χ0n) is 33.8. The first-order valence-electron chi connectivity index (χ1n) is 20.2. The Morgan fingerprint density at radius 2 is 0.677 bits per heavy atom. The number of aliphatic hydroxyl groups is 16. The van der Waals surface area contributed by atoms with Crippen molar-refractivity contribution in [2.24, 2.45) is 0 Å². The van der Waals surface area contributed by atoms with E-state index in [1.807, 2.05) is 0 Å². The summed E-state index contributed by atoms with van der Waals surface area (Å²) in [5.74, 6) is -0.0196. The van der Waals surface area contributed by atoms with Gasteiger partial charge in [-0.1, -0.05) is 0 Å². The van der Waals surface area contributed by atoms with Crippen LogP contribution in [0.1, 0.15) is 0 Å². The van der Waals surface area contributed by atoms with E-state index in [-0.39, 0.29) is 11.4 Å². The van der Waals surface area contributed by atoms with Gasteiger partial charge in [0.2, 0.25) is 6.29 Å². The maximum atomic E-state index is 11.2. The molecule has 5 aliphatic rings. The summed E-state index contributed by atoms with van der Waals surface area (Å²) in [4.78, 5) is 10.3. The van der Waals surface area contributed by atoms with Crippen LogP contribution in [0.5, 0.6) is 5.75 Å². The third kappa shape index (κ3) is 10.8. The smallest absolute Gasteiger partial charge is 0.269 e. The Bertz CT molecular complexity index is 1640. The minimum Gasteiger partial charge on any atom is -0.462 e. The van der Waals surface area contributed by atoms with E-state index in [0.717, 1.165) is 12.1 Å². The van der Waals surface area contributed by atoms with Crippen LogP contribution in [0.15, 0.2) is 24.3 Å². The molecule has 0 saturated carbocycles. The second-order valence-corrected chi connectivity index (χ2v) is 15.8. The topological polar surface area (TPSA) is 459 Å². The largest absolute Gasteiger partial charge is 0.462 e. The predicted molar refractivity (Wildman–Crippen MR) is 198 cm³/mol. The fourth-order valence-corrected chi connectivity index (χ4v) is 7.90. The number of nitro groups is 1. The number of hydrogen-bond donors (Lipinski definition) is 16. The van der Waals surface area contributed by atoms with E-state index in [1.165, 1.54) is 12.1 Å². The Labute approximate surface area is 366 Å². The first kappa shape index (κ1) is 51.8. The number of benzene rings is 1. The lowest BCUT2D eigenvalue weighted by Crippen LogP contribution is -2.68. The van der Waals surface area contributed by atoms with Gasteiger partial charge in [-0.2, -0.15) is 0 Å². The van der Waals surface area contributed by atoms with Crippen LogP contribution in [0.4, 0.5) is 5.69 Å². The maximum Gasteiger partial charge on any atom is 0.269 e. The van der Waals surface area contributed by atoms with Crippen LogP contribution in [0.25, 0.3) is 0 Å². The van der Waals surface area contributed by atoms with Crippen molar-refractivity contribution in [1.82, 2.24) is 0 Å². The average molecular weight is 950 g/mol. The third-order valence-corrected chi connectivity index (χ3v) is 11.6. The number of hydrogen-bond acceptors (Lipinski definition) is 28. The van der Waals surface area contributed by atoms with Gasteiger partial charge in [0.15, 0.2) is 25.2 Å². The summed E-state index contributed by atoms with van der Waals surface area (Å²) in [5.41, 5.74) is -0.267. The molecule has 1 aromatic rings. The lowest BCUT2D eigenvalue weighted by molar-refractivity contribution is -0.392. The van der Waals surface area contributed by atoms with Gasteiger partial charge >= 0.3 is 0 Å². The van der Waals surface area contributed by atoms with Gasteiger partial charge in [-0.05, 0) is 12.1 Å². The second kappa shape index (κ2) is 22.2. The summed E-state index contributed by atoms with van der Waals surface area (Å²) in [6.07, 6.45) is -46.2. The Kier molecular flexibility index (Phi) is 17.7. The van der Waals surface area contributed by atoms with Crippen molar-refractivity contribution in [3.05, 3.63) is 34.4 Å². The molecule has 0 spiro atoms. The molecule has 16 N–H and O–H groups in total. The van der Waals surface area contributed by atoms with Crippen molar-refractivity contribution in [3.8, 4) is 5.75 Å². The van der Waals surface area contributed by atoms with E-state index >= 15 is 0 Å². The summed E-state index contributed by atoms with van der Waals surface area (Å²) in [6.45, 7) is -4.63. The van der Waals surface area contributed by atoms with Crippen LogP contribution in [-0.2, 0) is 42.6 Å². The molecule has 65 heavy (non-hydrogen) atoms. The molecule has 0 amide bonds. The summed E-state index contributed by atoms with van der Waals surface area (Å²) in [6, 6.07) is 4.59. The molecule has 6 rings (SSSR count). The molecular weight excluding hydrogens is 894 g/mol. The first-order chi connectivity index (χ1) is 30.9. The van der Waals surface area contributed by atoms with Crippen molar-refractivity contribution < 1.29 is 134 Å². The number of nitro benzene ring substituents is 1. The number of rotatable bonds is 16. The maximum absolute atomic E-state index is 11.2. The summed E-state index contributed by atoms with van der Waals surface area (Å²) in [7, 11) is 0. The predicted octanol–water partition coefficient (Wildman–Crippen LogP) is -9.93. The Hall–Kier alpha value is -2.58. The second-order valence-electron chi connectivity index (χ2n) is 15.8. The average Bonchev–Trinajstić information content (AvgIpc) is 3.30. The van der Waals surface area contributed by atoms with E-state index < -0.39 is 191 Å². The summed E-state index contributed by atoms with van der Waals surface area (Å²) in [5, 5.41) is 180. The third-order valence-electron chi connectivity index (χ3n) is 11.6. The lowest BCUT2D eigenvalue weighted by Gasteiger charge is -2.49. The fourth-order valence-electron chi connectivity index (χ4n) is 7.90. The Morgan fingerprint density at radius 1 is 0.400 bits per heavy atom. The highest BCUT2D eigenvalue weighted by atomic mass is 16.8. The first-order valence-corrected chi connectivity index (χ1v) is 20.2. The molecular formula is C36H55NO28. The molecule has 1 aromatic carbocycles. The summed E-state index contributed by atoms with van der Waals surface area (Å²) < 4.78 is 55.6. The van der Waals surface area contributed by atoms with Gasteiger partial charge in [-0.15, -0.1) is 0 Å². The zero-order valence-corrected chi connectivity index (χ0v) is 33.8. The normalized spacial score (nSPS) is 47.3. The molecule has 25 atom stereocenters. The van der Waals surface area contributed by atoms with Crippen LogP contribution in [-0.4, -0.2) is 273 Å². The zero-order chi connectivity index (χ0) is 47.6. The highest BCUT2D eigenvalue weighted by Gasteiger charge is 2.56. The highest BCUT2D eigenvalue weighted by molar-refractivity contribution is 5.36. The highest BCUT2D eigenvalue weighted by Crippen LogP contribution is 2.36. The van der Waals surface area contributed by atoms with E-state index in [2.05, 4.69) is 0 Å². The lowest BCUT2D eigenvalue weighted by atomic mass is 9.95. The van der Waals surface area contributed by atoms with Crippen LogP contribution in [0.2, 0.25) is 0 Å². The van der Waals surface area contributed by atoms with Gasteiger partial charge in [-0.25, -0.2) is 0 Å². The quantitative estimate of drug-likeness (QED) is 0.0540. The Morgan fingerprint density at radius 3 is 0.985 bits per heavy atom. The van der Waals surface area contributed by atoms with Crippen molar-refractivity contribution in [2.75, 3.05) is 33.0 Å². The molecule has 0 aromatic heterocycles. The van der Waals surface area contributed by atoms with Gasteiger partial charge in [0.25, 0.3) is 5.69 Å². The molecule has 0 bridgehead atoms. The molecule has 0 unspecified atom stereocenters. The number of non-ortho nitro benzene ring substituents is 1. The minimum absolute atomic E-state index is 0.0196. The standard InChI is InChI=1S/C36H55NO28/c38-5-12-17(43)18(44)23(49)33(57-12)62-29-14(7-40)59-35(25(51)20(29)46)64-31-16(9-42)61-36(27(53)22(31)48)65-30-15(8-41)60-34(26(52)21(30)47)63-28-13(6-39)58-32(24(50)19(28)45)56-11-3-1-10(2-4-11)37(54)55/h1-4,12-36,38-53H,5-9H2/t12-,13-,14-,15-,16-,17-,18+,19-,20-,21-,22-,23-,24-,25-,26-,27-,28-,29-,30-,31-,32-,33+,34+,35+,36+/m1/s1. The number of ether oxygens (including phenoxy) is 10. The van der Waals surface area contributed by atoms with Gasteiger partial charge in [0, 0.05) is 12.1 Å². The van der Waals surface area contributed by atoms with E-state index in [1.54, 1.807) is 0 Å². The SMILES string of the molecule is O=[N+]([O-])c1ccc(O[C@@H]2O[C@H](CO)[C@@H](O[C@@H]3O[C@H](CO)[C@@H](O[C@@H]4O[C@H](CO)[C@@H](O[C@@H]5O[C@H](CO)[C@@H](O[C@@H]6O[C@H](CO)[C@@H](O)[C@H](O)[C@H]6O)[C@H](O)[C@H]5O)[C@H](O)[C@H]4O)[C@H](O)[C@H]3O)[C@H](O)[C@H]2O)cc1. The van der Waals surface area contributed by atoms with Gasteiger partial charge in [0.05, 0.1) is 38.0 Å².